The molecule has 20 heavy (non-hydrogen) atoms. The van der Waals surface area contributed by atoms with Gasteiger partial charge in [0, 0.05) is 11.6 Å². The second-order valence-electron chi connectivity index (χ2n) is 5.72. The molecule has 112 valence electrons. The first-order chi connectivity index (χ1) is 9.00. The van der Waals surface area contributed by atoms with Gasteiger partial charge in [0.1, 0.15) is 0 Å². The van der Waals surface area contributed by atoms with Crippen molar-refractivity contribution in [1.82, 2.24) is 5.32 Å². The van der Waals surface area contributed by atoms with Gasteiger partial charge in [0.15, 0.2) is 9.84 Å². The minimum absolute atomic E-state index is 0.0173. The normalized spacial score (nSPS) is 25.4. The zero-order valence-electron chi connectivity index (χ0n) is 11.2. The largest absolute Gasteiger partial charge is 0.416 e. The minimum atomic E-state index is -4.50. The van der Waals surface area contributed by atoms with Crippen molar-refractivity contribution >= 4 is 9.84 Å². The molecule has 1 N–H and O–H groups in total. The average molecular weight is 307 g/mol. The second kappa shape index (κ2) is 4.73. The molecular weight excluding hydrogens is 291 g/mol. The van der Waals surface area contributed by atoms with E-state index in [-0.39, 0.29) is 17.1 Å². The van der Waals surface area contributed by atoms with Crippen LogP contribution >= 0.6 is 0 Å². The molecule has 0 bridgehead atoms. The van der Waals surface area contributed by atoms with Crippen molar-refractivity contribution in [2.75, 3.05) is 11.5 Å². The summed E-state index contributed by atoms with van der Waals surface area (Å²) in [6, 6.07) is 4.25. The molecule has 1 aromatic carbocycles. The lowest BCUT2D eigenvalue weighted by Crippen LogP contribution is -2.54. The van der Waals surface area contributed by atoms with E-state index in [2.05, 4.69) is 5.32 Å². The third-order valence-corrected chi connectivity index (χ3v) is 5.21. The third-order valence-electron chi connectivity index (χ3n) is 3.21. The average Bonchev–Trinajstić information content (AvgIpc) is 2.23. The van der Waals surface area contributed by atoms with Gasteiger partial charge in [-0.2, -0.15) is 13.2 Å². The van der Waals surface area contributed by atoms with Crippen molar-refractivity contribution < 1.29 is 21.6 Å². The molecule has 7 heteroatoms. The Labute approximate surface area is 116 Å². The van der Waals surface area contributed by atoms with Gasteiger partial charge >= 0.3 is 6.18 Å². The van der Waals surface area contributed by atoms with Crippen molar-refractivity contribution in [2.24, 2.45) is 0 Å². The highest BCUT2D eigenvalue weighted by atomic mass is 32.2. The number of alkyl halides is 3. The van der Waals surface area contributed by atoms with Crippen molar-refractivity contribution in [3.63, 3.8) is 0 Å². The van der Waals surface area contributed by atoms with Crippen molar-refractivity contribution in [1.29, 1.82) is 0 Å². The number of nitrogens with one attached hydrogen (secondary N) is 1. The molecule has 1 saturated heterocycles. The lowest BCUT2D eigenvalue weighted by Gasteiger charge is -2.37. The van der Waals surface area contributed by atoms with Crippen LogP contribution in [0.4, 0.5) is 13.2 Å². The molecule has 1 aromatic rings. The summed E-state index contributed by atoms with van der Waals surface area (Å²) in [5.41, 5.74) is -1.55. The summed E-state index contributed by atoms with van der Waals surface area (Å²) in [4.78, 5) is 0. The highest BCUT2D eigenvalue weighted by molar-refractivity contribution is 7.91. The van der Waals surface area contributed by atoms with Crippen molar-refractivity contribution in [3.8, 4) is 0 Å². The highest BCUT2D eigenvalue weighted by Gasteiger charge is 2.41. The third kappa shape index (κ3) is 3.32. The Morgan fingerprint density at radius 1 is 1.25 bits per heavy atom. The predicted molar refractivity (Wildman–Crippen MR) is 70.1 cm³/mol. The Morgan fingerprint density at radius 3 is 2.40 bits per heavy atom. The maximum absolute atomic E-state index is 13.0. The molecule has 1 heterocycles. The predicted octanol–water partition coefficient (Wildman–Crippen LogP) is 2.54. The molecule has 1 aliphatic rings. The van der Waals surface area contributed by atoms with Crippen LogP contribution in [0.5, 0.6) is 0 Å². The van der Waals surface area contributed by atoms with Gasteiger partial charge < -0.3 is 5.32 Å². The van der Waals surface area contributed by atoms with Gasteiger partial charge in [0.2, 0.25) is 0 Å². The maximum atomic E-state index is 13.0. The Kier molecular flexibility index (Phi) is 3.62. The van der Waals surface area contributed by atoms with Gasteiger partial charge in [-0.15, -0.1) is 0 Å². The quantitative estimate of drug-likeness (QED) is 0.867. The van der Waals surface area contributed by atoms with Crippen LogP contribution in [-0.4, -0.2) is 25.5 Å². The molecule has 1 atom stereocenters. The second-order valence-corrected chi connectivity index (χ2v) is 7.83. The van der Waals surface area contributed by atoms with Gasteiger partial charge in [0.05, 0.1) is 17.1 Å². The first kappa shape index (κ1) is 15.3. The van der Waals surface area contributed by atoms with Crippen LogP contribution in [0.15, 0.2) is 24.3 Å². The summed E-state index contributed by atoms with van der Waals surface area (Å²) in [5, 5.41) is 3.00. The summed E-state index contributed by atoms with van der Waals surface area (Å²) < 4.78 is 62.8. The van der Waals surface area contributed by atoms with Crippen LogP contribution in [0.25, 0.3) is 0 Å². The van der Waals surface area contributed by atoms with E-state index in [1.165, 1.54) is 18.2 Å². The smallest absolute Gasteiger partial charge is 0.303 e. The van der Waals surface area contributed by atoms with E-state index in [1.54, 1.807) is 13.8 Å². The zero-order valence-corrected chi connectivity index (χ0v) is 12.0. The van der Waals surface area contributed by atoms with Gasteiger partial charge in [-0.05, 0) is 25.5 Å². The maximum Gasteiger partial charge on any atom is 0.416 e. The molecule has 2 rings (SSSR count). The Hall–Kier alpha value is -1.08. The van der Waals surface area contributed by atoms with Crippen LogP contribution in [0, 0.1) is 0 Å². The summed E-state index contributed by atoms with van der Waals surface area (Å²) in [5.74, 6) is -0.395. The number of halogens is 3. The Balaban J connectivity index is 2.47. The summed E-state index contributed by atoms with van der Waals surface area (Å²) >= 11 is 0. The van der Waals surface area contributed by atoms with E-state index < -0.39 is 33.2 Å². The summed E-state index contributed by atoms with van der Waals surface area (Å²) in [7, 11) is -3.38. The fourth-order valence-corrected chi connectivity index (χ4v) is 4.72. The van der Waals surface area contributed by atoms with Gasteiger partial charge in [-0.3, -0.25) is 0 Å². The van der Waals surface area contributed by atoms with E-state index in [0.29, 0.717) is 0 Å². The number of hydrogen-bond acceptors (Lipinski definition) is 3. The summed E-state index contributed by atoms with van der Waals surface area (Å²) in [6.45, 7) is 3.35. The first-order valence-electron chi connectivity index (χ1n) is 6.14. The van der Waals surface area contributed by atoms with Gasteiger partial charge in [-0.25, -0.2) is 8.42 Å². The topological polar surface area (TPSA) is 46.2 Å². The molecule has 0 amide bonds. The lowest BCUT2D eigenvalue weighted by molar-refractivity contribution is -0.138. The molecule has 0 aliphatic carbocycles. The van der Waals surface area contributed by atoms with E-state index in [1.807, 2.05) is 0 Å². The molecule has 0 aromatic heterocycles. The van der Waals surface area contributed by atoms with Crippen LogP contribution in [-0.2, 0) is 16.0 Å². The molecule has 1 unspecified atom stereocenters. The van der Waals surface area contributed by atoms with E-state index >= 15 is 0 Å². The molecular formula is C13H16F3NO2S. The molecule has 0 radical (unpaired) electrons. The fraction of sp³-hybridized carbons (Fsp3) is 0.538. The Bertz CT molecular complexity index is 608. The molecule has 0 spiro atoms. The minimum Gasteiger partial charge on any atom is -0.303 e. The van der Waals surface area contributed by atoms with Gasteiger partial charge in [0.25, 0.3) is 0 Å². The number of benzene rings is 1. The summed E-state index contributed by atoms with van der Waals surface area (Å²) in [6.07, 6.45) is -4.50. The number of hydrogen-bond donors (Lipinski definition) is 1. The first-order valence-corrected chi connectivity index (χ1v) is 7.97. The van der Waals surface area contributed by atoms with E-state index in [0.717, 1.165) is 6.07 Å². The molecule has 3 nitrogen and oxygen atoms in total. The van der Waals surface area contributed by atoms with Crippen LogP contribution in [0.3, 0.4) is 0 Å². The fourth-order valence-electron chi connectivity index (χ4n) is 2.64. The van der Waals surface area contributed by atoms with Gasteiger partial charge in [-0.1, -0.05) is 18.2 Å². The van der Waals surface area contributed by atoms with Crippen LogP contribution in [0.1, 0.15) is 31.0 Å². The molecule has 0 saturated carbocycles. The number of rotatable bonds is 1. The van der Waals surface area contributed by atoms with Crippen molar-refractivity contribution in [3.05, 3.63) is 35.4 Å². The Morgan fingerprint density at radius 2 is 1.85 bits per heavy atom. The standard InChI is InChI=1S/C13H16F3NO2S/c1-12(2)8-20(18,19)7-11(17-12)9-5-3-4-6-10(9)13(14,15)16/h3-6,11,17H,7-8H2,1-2H3. The molecule has 1 aliphatic heterocycles. The SMILES string of the molecule is CC1(C)CS(=O)(=O)CC(c2ccccc2C(F)(F)F)N1. The van der Waals surface area contributed by atoms with E-state index in [9.17, 15) is 21.6 Å². The lowest BCUT2D eigenvalue weighted by atomic mass is 9.97. The van der Waals surface area contributed by atoms with Crippen LogP contribution in [0.2, 0.25) is 0 Å². The van der Waals surface area contributed by atoms with Crippen LogP contribution < -0.4 is 5.32 Å². The van der Waals surface area contributed by atoms with E-state index in [4.69, 9.17) is 0 Å². The monoisotopic (exact) mass is 307 g/mol. The highest BCUT2D eigenvalue weighted by Crippen LogP contribution is 2.36. The zero-order chi connectivity index (χ0) is 15.2. The molecule has 1 fully saturated rings. The number of sulfone groups is 1. The van der Waals surface area contributed by atoms with Crippen molar-refractivity contribution in [2.45, 2.75) is 31.6 Å².